The Labute approximate surface area is 148 Å². The Hall–Kier alpha value is -1.06. The molecule has 0 spiro atoms. The van der Waals surface area contributed by atoms with E-state index in [0.717, 1.165) is 51.4 Å². The molecule has 0 aromatic rings. The van der Waals surface area contributed by atoms with Crippen LogP contribution in [0.25, 0.3) is 0 Å². The van der Waals surface area contributed by atoms with Crippen molar-refractivity contribution in [3.63, 3.8) is 0 Å². The summed E-state index contributed by atoms with van der Waals surface area (Å²) in [5.41, 5.74) is -0.248. The van der Waals surface area contributed by atoms with Crippen LogP contribution in [0, 0.1) is 5.92 Å². The summed E-state index contributed by atoms with van der Waals surface area (Å²) in [6.07, 6.45) is 9.35. The summed E-state index contributed by atoms with van der Waals surface area (Å²) in [5.74, 6) is 0.830. The second-order valence-electron chi connectivity index (χ2n) is 8.36. The highest BCUT2D eigenvalue weighted by Gasteiger charge is 2.39. The maximum Gasteiger partial charge on any atom is 0.220 e. The molecule has 0 bridgehead atoms. The summed E-state index contributed by atoms with van der Waals surface area (Å²) in [4.78, 5) is 24.1. The highest BCUT2D eigenvalue weighted by molar-refractivity contribution is 5.77. The maximum absolute atomic E-state index is 12.1. The van der Waals surface area contributed by atoms with Crippen molar-refractivity contribution in [1.29, 1.82) is 0 Å². The predicted molar refractivity (Wildman–Crippen MR) is 99.8 cm³/mol. The molecular weight excluding hydrogens is 300 g/mol. The molecule has 0 saturated heterocycles. The lowest BCUT2D eigenvalue weighted by atomic mass is 9.70. The van der Waals surface area contributed by atoms with E-state index in [1.165, 1.54) is 0 Å². The SMILES string of the molecule is CCCCC(=O)NC1(C)CCC(C(C)(C)NC(=O)CCCC)CC1. The van der Waals surface area contributed by atoms with Crippen LogP contribution < -0.4 is 10.6 Å². The van der Waals surface area contributed by atoms with Gasteiger partial charge < -0.3 is 10.6 Å². The van der Waals surface area contributed by atoms with Gasteiger partial charge in [0.15, 0.2) is 0 Å². The second-order valence-corrected chi connectivity index (χ2v) is 8.36. The zero-order chi connectivity index (χ0) is 18.2. The van der Waals surface area contributed by atoms with Gasteiger partial charge in [0.05, 0.1) is 0 Å². The van der Waals surface area contributed by atoms with Gasteiger partial charge in [-0.25, -0.2) is 0 Å². The molecule has 0 aromatic carbocycles. The number of rotatable bonds is 9. The van der Waals surface area contributed by atoms with Crippen molar-refractivity contribution in [2.24, 2.45) is 5.92 Å². The minimum Gasteiger partial charge on any atom is -0.351 e. The van der Waals surface area contributed by atoms with Gasteiger partial charge in [-0.05, 0) is 65.2 Å². The van der Waals surface area contributed by atoms with Crippen molar-refractivity contribution in [3.05, 3.63) is 0 Å². The van der Waals surface area contributed by atoms with Crippen molar-refractivity contribution < 1.29 is 9.59 Å². The van der Waals surface area contributed by atoms with Crippen molar-refractivity contribution in [2.75, 3.05) is 0 Å². The molecule has 4 heteroatoms. The van der Waals surface area contributed by atoms with E-state index in [1.807, 2.05) is 0 Å². The molecule has 1 aliphatic carbocycles. The van der Waals surface area contributed by atoms with Gasteiger partial charge in [-0.1, -0.05) is 26.7 Å². The molecular formula is C20H38N2O2. The lowest BCUT2D eigenvalue weighted by molar-refractivity contribution is -0.123. The maximum atomic E-state index is 12.1. The molecule has 0 radical (unpaired) electrons. The van der Waals surface area contributed by atoms with Gasteiger partial charge in [0.25, 0.3) is 0 Å². The van der Waals surface area contributed by atoms with Crippen LogP contribution in [0.3, 0.4) is 0 Å². The van der Waals surface area contributed by atoms with Crippen LogP contribution in [0.1, 0.15) is 98.8 Å². The Kier molecular flexibility index (Phi) is 8.24. The third kappa shape index (κ3) is 6.82. The van der Waals surface area contributed by atoms with Crippen molar-refractivity contribution in [1.82, 2.24) is 10.6 Å². The van der Waals surface area contributed by atoms with E-state index in [4.69, 9.17) is 0 Å². The molecule has 2 N–H and O–H groups in total. The Bertz CT molecular complexity index is 410. The number of amides is 2. The molecule has 0 unspecified atom stereocenters. The van der Waals surface area contributed by atoms with Gasteiger partial charge in [0.1, 0.15) is 0 Å². The first kappa shape index (κ1) is 21.0. The molecule has 24 heavy (non-hydrogen) atoms. The van der Waals surface area contributed by atoms with Crippen LogP contribution in [0.4, 0.5) is 0 Å². The number of unbranched alkanes of at least 4 members (excludes halogenated alkanes) is 2. The van der Waals surface area contributed by atoms with Crippen LogP contribution in [-0.4, -0.2) is 22.9 Å². The predicted octanol–water partition coefficient (Wildman–Crippen LogP) is 4.33. The molecule has 1 saturated carbocycles. The number of carbonyl (C=O) groups excluding carboxylic acids is 2. The third-order valence-corrected chi connectivity index (χ3v) is 5.53. The third-order valence-electron chi connectivity index (χ3n) is 5.53. The summed E-state index contributed by atoms with van der Waals surface area (Å²) < 4.78 is 0. The Morgan fingerprint density at radius 2 is 1.50 bits per heavy atom. The van der Waals surface area contributed by atoms with Crippen LogP contribution in [0.5, 0.6) is 0 Å². The standard InChI is InChI=1S/C20H38N2O2/c1-6-8-10-17(23)21-19(3,4)16-12-14-20(5,15-13-16)22-18(24)11-9-7-2/h16H,6-15H2,1-5H3,(H,21,23)(H,22,24). The van der Waals surface area contributed by atoms with Gasteiger partial charge >= 0.3 is 0 Å². The molecule has 0 heterocycles. The average Bonchev–Trinajstić information content (AvgIpc) is 2.50. The smallest absolute Gasteiger partial charge is 0.220 e. The van der Waals surface area contributed by atoms with Crippen LogP contribution >= 0.6 is 0 Å². The van der Waals surface area contributed by atoms with E-state index in [2.05, 4.69) is 45.3 Å². The first-order valence-electron chi connectivity index (χ1n) is 9.84. The number of hydrogen-bond acceptors (Lipinski definition) is 2. The summed E-state index contributed by atoms with van der Waals surface area (Å²) >= 11 is 0. The molecule has 1 rings (SSSR count). The summed E-state index contributed by atoms with van der Waals surface area (Å²) in [7, 11) is 0. The molecule has 1 aliphatic rings. The second kappa shape index (κ2) is 9.43. The average molecular weight is 339 g/mol. The van der Waals surface area contributed by atoms with Gasteiger partial charge in [-0.3, -0.25) is 9.59 Å². The van der Waals surface area contributed by atoms with E-state index in [0.29, 0.717) is 18.8 Å². The lowest BCUT2D eigenvalue weighted by Gasteiger charge is -2.44. The van der Waals surface area contributed by atoms with Crippen LogP contribution in [0.2, 0.25) is 0 Å². The van der Waals surface area contributed by atoms with E-state index in [9.17, 15) is 9.59 Å². The normalized spacial score (nSPS) is 24.5. The van der Waals surface area contributed by atoms with E-state index in [1.54, 1.807) is 0 Å². The first-order chi connectivity index (χ1) is 11.2. The molecule has 2 amide bonds. The largest absolute Gasteiger partial charge is 0.351 e. The molecule has 1 fully saturated rings. The number of hydrogen-bond donors (Lipinski definition) is 2. The molecule has 0 aromatic heterocycles. The molecule has 4 nitrogen and oxygen atoms in total. The van der Waals surface area contributed by atoms with E-state index < -0.39 is 0 Å². The molecule has 0 atom stereocenters. The Morgan fingerprint density at radius 1 is 1.00 bits per heavy atom. The van der Waals surface area contributed by atoms with Crippen molar-refractivity contribution >= 4 is 11.8 Å². The quantitative estimate of drug-likeness (QED) is 0.657. The van der Waals surface area contributed by atoms with Gasteiger partial charge in [0.2, 0.25) is 11.8 Å². The van der Waals surface area contributed by atoms with Gasteiger partial charge in [-0.2, -0.15) is 0 Å². The minimum absolute atomic E-state index is 0.0797. The molecule has 0 aliphatic heterocycles. The van der Waals surface area contributed by atoms with E-state index >= 15 is 0 Å². The fourth-order valence-corrected chi connectivity index (χ4v) is 3.70. The first-order valence-corrected chi connectivity index (χ1v) is 9.84. The van der Waals surface area contributed by atoms with Crippen LogP contribution in [-0.2, 0) is 9.59 Å². The zero-order valence-electron chi connectivity index (χ0n) is 16.5. The van der Waals surface area contributed by atoms with Gasteiger partial charge in [-0.15, -0.1) is 0 Å². The van der Waals surface area contributed by atoms with Gasteiger partial charge in [0, 0.05) is 23.9 Å². The Morgan fingerprint density at radius 3 is 2.00 bits per heavy atom. The minimum atomic E-state index is -0.168. The summed E-state index contributed by atoms with van der Waals surface area (Å²) in [5, 5.41) is 6.48. The number of carbonyl (C=O) groups is 2. The lowest BCUT2D eigenvalue weighted by Crippen LogP contribution is -2.54. The monoisotopic (exact) mass is 338 g/mol. The number of nitrogens with one attached hydrogen (secondary N) is 2. The van der Waals surface area contributed by atoms with Crippen molar-refractivity contribution in [2.45, 2.75) is 110 Å². The van der Waals surface area contributed by atoms with E-state index in [-0.39, 0.29) is 22.9 Å². The summed E-state index contributed by atoms with van der Waals surface area (Å²) in [6.45, 7) is 10.7. The highest BCUT2D eigenvalue weighted by atomic mass is 16.2. The fourth-order valence-electron chi connectivity index (χ4n) is 3.70. The van der Waals surface area contributed by atoms with Crippen LogP contribution in [0.15, 0.2) is 0 Å². The summed E-state index contributed by atoms with van der Waals surface area (Å²) in [6, 6.07) is 0. The zero-order valence-corrected chi connectivity index (χ0v) is 16.5. The molecule has 140 valence electrons. The highest BCUT2D eigenvalue weighted by Crippen LogP contribution is 2.37. The fraction of sp³-hybridized carbons (Fsp3) is 0.900. The Balaban J connectivity index is 2.48. The topological polar surface area (TPSA) is 58.2 Å². The van der Waals surface area contributed by atoms with Crippen molar-refractivity contribution in [3.8, 4) is 0 Å².